The third-order valence-corrected chi connectivity index (χ3v) is 35.3. The average molecular weight is 453 g/mol. The van der Waals surface area contributed by atoms with Crippen LogP contribution in [0.4, 0.5) is 0 Å². The third-order valence-electron chi connectivity index (χ3n) is 9.87. The number of allylic oxidation sites excluding steroid dienone is 2. The molecule has 2 aliphatic rings. The van der Waals surface area contributed by atoms with Gasteiger partial charge in [-0.2, -0.15) is 0 Å². The zero-order chi connectivity index (χ0) is 21.6. The molecule has 2 atom stereocenters. The van der Waals surface area contributed by atoms with E-state index in [9.17, 15) is 0 Å². The zero-order valence-corrected chi connectivity index (χ0v) is 22.5. The van der Waals surface area contributed by atoms with E-state index in [1.54, 1.807) is 11.1 Å². The molecule has 0 saturated carbocycles. The third kappa shape index (κ3) is 2.89. The van der Waals surface area contributed by atoms with Gasteiger partial charge in [0.05, 0.1) is 0 Å². The summed E-state index contributed by atoms with van der Waals surface area (Å²) in [6, 6.07) is 18.5. The Kier molecular flexibility index (Phi) is 4.73. The first-order chi connectivity index (χ1) is 14.1. The van der Waals surface area contributed by atoms with Crippen LogP contribution in [0.1, 0.15) is 70.2 Å². The minimum absolute atomic E-state index is 0.552. The predicted molar refractivity (Wildman–Crippen MR) is 136 cm³/mol. The van der Waals surface area contributed by atoms with Crippen molar-refractivity contribution < 1.29 is 11.5 Å². The molecule has 4 rings (SSSR count). The molecule has 0 bridgehead atoms. The molecule has 0 nitrogen and oxygen atoms in total. The van der Waals surface area contributed by atoms with Crippen LogP contribution in [-0.4, -0.2) is 7.63 Å². The molecule has 0 saturated heterocycles. The molecule has 0 aliphatic heterocycles. The summed E-state index contributed by atoms with van der Waals surface area (Å²) in [6.45, 7) is 4.75. The molecule has 0 heterocycles. The SMILES string of the molecule is CCC[CH2][Ti]([CH3])([CH3])(=[SiH2])([CH2]CCC)([CH]1C=Cc2ccccc21)[CH]1C=Cc2ccccc21. The van der Waals surface area contributed by atoms with E-state index in [-0.39, 0.29) is 0 Å². The fourth-order valence-electron chi connectivity index (χ4n) is 7.77. The molecule has 160 valence electrons. The van der Waals surface area contributed by atoms with Gasteiger partial charge >= 0.3 is 182 Å². The summed E-state index contributed by atoms with van der Waals surface area (Å²) in [6.07, 6.45) is 15.3. The molecule has 0 spiro atoms. The monoisotopic (exact) mass is 452 g/mol. The zero-order valence-electron chi connectivity index (χ0n) is 19.5. The van der Waals surface area contributed by atoms with Gasteiger partial charge in [0.15, 0.2) is 0 Å². The van der Waals surface area contributed by atoms with E-state index >= 15 is 0 Å². The van der Waals surface area contributed by atoms with Gasteiger partial charge in [-0.25, -0.2) is 0 Å². The summed E-state index contributed by atoms with van der Waals surface area (Å²) in [5, 5.41) is 5.74. The molecule has 2 unspecified atom stereocenters. The van der Waals surface area contributed by atoms with Crippen LogP contribution in [0, 0.1) is 0 Å². The van der Waals surface area contributed by atoms with Crippen LogP contribution < -0.4 is 0 Å². The van der Waals surface area contributed by atoms with Crippen molar-refractivity contribution in [3.8, 4) is 0 Å². The Morgan fingerprint density at radius 1 is 0.700 bits per heavy atom. The fraction of sp³-hybridized carbons (Fsp3) is 0.429. The van der Waals surface area contributed by atoms with Crippen molar-refractivity contribution in [3.05, 3.63) is 82.9 Å². The van der Waals surface area contributed by atoms with Gasteiger partial charge in [0.2, 0.25) is 0 Å². The first-order valence-electron chi connectivity index (χ1n) is 12.2. The number of unbranched alkanes of at least 4 members (excludes halogenated alkanes) is 2. The van der Waals surface area contributed by atoms with Crippen LogP contribution in [0.5, 0.6) is 0 Å². The minimum atomic E-state index is -4.32. The molecule has 2 aromatic carbocycles. The van der Waals surface area contributed by atoms with Crippen LogP contribution in [0.15, 0.2) is 60.7 Å². The molecule has 2 heteroatoms. The summed E-state index contributed by atoms with van der Waals surface area (Å²) < 4.78 is 3.88. The predicted octanol–water partition coefficient (Wildman–Crippen LogP) is 8.36. The number of hydrogen-bond acceptors (Lipinski definition) is 0. The molecule has 0 radical (unpaired) electrons. The summed E-state index contributed by atoms with van der Waals surface area (Å²) in [7, 11) is 2.55. The molecule has 0 amide bonds. The molecule has 0 fully saturated rings. The second-order valence-corrected chi connectivity index (χ2v) is 48.4. The van der Waals surface area contributed by atoms with Crippen LogP contribution in [0.25, 0.3) is 12.2 Å². The van der Waals surface area contributed by atoms with Crippen molar-refractivity contribution in [2.24, 2.45) is 0 Å². The molecule has 0 N–H and O–H groups in total. The standard InChI is InChI=1S/2C9H7.2C4H9.2CH3.H2Si.Ti/c2*1-2-5-9-7-3-6-8(9)4-1;2*1-3-4-2;;;;/h2*1-7H;2*1,3-4H2,2H3;2*1H3;1H2;. The van der Waals surface area contributed by atoms with Gasteiger partial charge in [-0.05, 0) is 0 Å². The average Bonchev–Trinajstić information content (AvgIpc) is 3.38. The second-order valence-electron chi connectivity index (χ2n) is 13.1. The molecular formula is C28H40SiTi. The first-order valence-corrected chi connectivity index (χ1v) is 23.3. The van der Waals surface area contributed by atoms with Gasteiger partial charge in [0.25, 0.3) is 0 Å². The Balaban J connectivity index is 2.10. The second kappa shape index (κ2) is 6.44. The van der Waals surface area contributed by atoms with Gasteiger partial charge < -0.3 is 0 Å². The Morgan fingerprint density at radius 3 is 1.50 bits per heavy atom. The molecule has 0 aromatic heterocycles. The summed E-state index contributed by atoms with van der Waals surface area (Å²) >= 11 is -4.32. The summed E-state index contributed by atoms with van der Waals surface area (Å²) in [4.78, 5) is 0. The van der Waals surface area contributed by atoms with Gasteiger partial charge in [0.1, 0.15) is 0 Å². The van der Waals surface area contributed by atoms with E-state index in [1.165, 1.54) is 46.3 Å². The Bertz CT molecular complexity index is 1080. The Labute approximate surface area is 181 Å². The van der Waals surface area contributed by atoms with Crippen molar-refractivity contribution in [1.82, 2.24) is 0 Å². The van der Waals surface area contributed by atoms with Gasteiger partial charge in [0, 0.05) is 0 Å². The van der Waals surface area contributed by atoms with Gasteiger partial charge in [-0.3, -0.25) is 0 Å². The maximum absolute atomic E-state index is 4.32. The van der Waals surface area contributed by atoms with Crippen molar-refractivity contribution in [1.29, 1.82) is 0 Å². The van der Waals surface area contributed by atoms with E-state index in [0.29, 0.717) is 8.45 Å². The fourth-order valence-corrected chi connectivity index (χ4v) is 30.4. The number of rotatable bonds is 8. The van der Waals surface area contributed by atoms with E-state index in [4.69, 9.17) is 0 Å². The van der Waals surface area contributed by atoms with Crippen molar-refractivity contribution in [2.45, 2.75) is 67.9 Å². The van der Waals surface area contributed by atoms with Crippen LogP contribution in [0.2, 0.25) is 19.9 Å². The Morgan fingerprint density at radius 2 is 1.10 bits per heavy atom. The normalized spacial score (nSPS) is 23.3. The summed E-state index contributed by atoms with van der Waals surface area (Å²) in [5.41, 5.74) is 6.09. The van der Waals surface area contributed by atoms with E-state index in [1.807, 2.05) is 0 Å². The van der Waals surface area contributed by atoms with Crippen LogP contribution in [-0.2, 0) is 11.5 Å². The van der Waals surface area contributed by atoms with Crippen LogP contribution in [0.3, 0.4) is 0 Å². The Hall–Kier alpha value is -1.15. The van der Waals surface area contributed by atoms with Crippen molar-refractivity contribution in [2.75, 3.05) is 0 Å². The number of fused-ring (bicyclic) bond motifs is 2. The quantitative estimate of drug-likeness (QED) is 0.353. The summed E-state index contributed by atoms with van der Waals surface area (Å²) in [5.74, 6) is 0. The maximum atomic E-state index is 2.87. The van der Waals surface area contributed by atoms with Crippen molar-refractivity contribution >= 4 is 19.8 Å². The molecule has 30 heavy (non-hydrogen) atoms. The van der Waals surface area contributed by atoms with Crippen LogP contribution >= 0.6 is 0 Å². The number of hydrogen-bond donors (Lipinski definition) is 0. The molecule has 2 aromatic rings. The van der Waals surface area contributed by atoms with E-state index in [2.05, 4.69) is 105 Å². The molecule has 2 aliphatic carbocycles. The number of benzene rings is 2. The van der Waals surface area contributed by atoms with Crippen molar-refractivity contribution in [3.63, 3.8) is 0 Å². The van der Waals surface area contributed by atoms with E-state index < -0.39 is 11.5 Å². The van der Waals surface area contributed by atoms with Gasteiger partial charge in [-0.1, -0.05) is 0 Å². The topological polar surface area (TPSA) is 0 Å². The van der Waals surface area contributed by atoms with E-state index in [0.717, 1.165) is 0 Å². The molecular weight excluding hydrogens is 412 g/mol. The first kappa shape index (κ1) is 22.1. The van der Waals surface area contributed by atoms with Gasteiger partial charge in [-0.15, -0.1) is 0 Å².